The van der Waals surface area contributed by atoms with E-state index in [4.69, 9.17) is 5.73 Å². The molecular formula is C12H23N5O2S2. The van der Waals surface area contributed by atoms with E-state index in [1.54, 1.807) is 0 Å². The van der Waals surface area contributed by atoms with Gasteiger partial charge in [-0.25, -0.2) is 12.7 Å². The number of hydrogen-bond acceptors (Lipinski definition) is 7. The molecule has 0 spiro atoms. The van der Waals surface area contributed by atoms with Crippen LogP contribution in [0.15, 0.2) is 4.90 Å². The largest absolute Gasteiger partial charge is 0.382 e. The van der Waals surface area contributed by atoms with Gasteiger partial charge in [0.15, 0.2) is 10.7 Å². The summed E-state index contributed by atoms with van der Waals surface area (Å²) in [5, 5.41) is 3.76. The van der Waals surface area contributed by atoms with Crippen molar-refractivity contribution in [3.8, 4) is 0 Å². The van der Waals surface area contributed by atoms with Crippen LogP contribution in [0, 0.1) is 0 Å². The minimum atomic E-state index is -3.58. The summed E-state index contributed by atoms with van der Waals surface area (Å²) in [6.07, 6.45) is 2.32. The molecule has 1 fully saturated rings. The van der Waals surface area contributed by atoms with Gasteiger partial charge in [-0.2, -0.15) is 4.37 Å². The van der Waals surface area contributed by atoms with Crippen LogP contribution in [0.25, 0.3) is 0 Å². The molecule has 1 saturated heterocycles. The summed E-state index contributed by atoms with van der Waals surface area (Å²) in [7, 11) is -0.595. The van der Waals surface area contributed by atoms with E-state index in [9.17, 15) is 8.42 Å². The Morgan fingerprint density at radius 2 is 2.24 bits per heavy atom. The fourth-order valence-electron chi connectivity index (χ4n) is 2.59. The topological polar surface area (TPSA) is 91.6 Å². The van der Waals surface area contributed by atoms with Crippen molar-refractivity contribution in [3.05, 3.63) is 0 Å². The number of sulfonamides is 1. The Labute approximate surface area is 130 Å². The average Bonchev–Trinajstić information content (AvgIpc) is 3.02. The quantitative estimate of drug-likeness (QED) is 0.803. The molecule has 1 aromatic heterocycles. The van der Waals surface area contributed by atoms with Gasteiger partial charge in [-0.3, -0.25) is 4.90 Å². The van der Waals surface area contributed by atoms with Gasteiger partial charge in [-0.05, 0) is 37.5 Å². The third-order valence-corrected chi connectivity index (χ3v) is 6.66. The Morgan fingerprint density at radius 1 is 1.52 bits per heavy atom. The predicted octanol–water partition coefficient (Wildman–Crippen LogP) is 0.872. The van der Waals surface area contributed by atoms with Gasteiger partial charge in [0.1, 0.15) is 5.00 Å². The van der Waals surface area contributed by atoms with Crippen molar-refractivity contribution in [2.75, 3.05) is 44.8 Å². The lowest BCUT2D eigenvalue weighted by atomic mass is 10.2. The zero-order valence-corrected chi connectivity index (χ0v) is 14.3. The number of nitrogens with two attached hydrogens (primary N) is 1. The van der Waals surface area contributed by atoms with Crippen molar-refractivity contribution in [2.45, 2.75) is 30.7 Å². The van der Waals surface area contributed by atoms with Crippen molar-refractivity contribution in [2.24, 2.45) is 0 Å². The highest BCUT2D eigenvalue weighted by Crippen LogP contribution is 2.33. The van der Waals surface area contributed by atoms with E-state index in [-0.39, 0.29) is 10.7 Å². The highest BCUT2D eigenvalue weighted by atomic mass is 32.2. The molecule has 21 heavy (non-hydrogen) atoms. The molecule has 1 aliphatic rings. The maximum Gasteiger partial charge on any atom is 0.249 e. The van der Waals surface area contributed by atoms with Crippen LogP contribution in [-0.4, -0.2) is 61.8 Å². The van der Waals surface area contributed by atoms with E-state index in [2.05, 4.69) is 21.5 Å². The fraction of sp³-hybridized carbons (Fsp3) is 0.750. The first kappa shape index (κ1) is 16.5. The second-order valence-corrected chi connectivity index (χ2v) is 8.18. The Balaban J connectivity index is 2.15. The molecular weight excluding hydrogens is 310 g/mol. The molecule has 0 radical (unpaired) electrons. The van der Waals surface area contributed by atoms with E-state index in [1.807, 2.05) is 0 Å². The molecule has 2 heterocycles. The number of nitrogens with zero attached hydrogens (tertiary/aromatic N) is 3. The lowest BCUT2D eigenvalue weighted by molar-refractivity contribution is 0.277. The normalized spacial score (nSPS) is 20.3. The number of likely N-dealkylation sites (tertiary alicyclic amines) is 1. The number of anilines is 2. The van der Waals surface area contributed by atoms with E-state index in [0.29, 0.717) is 17.6 Å². The van der Waals surface area contributed by atoms with Gasteiger partial charge >= 0.3 is 0 Å². The van der Waals surface area contributed by atoms with E-state index < -0.39 is 10.0 Å². The van der Waals surface area contributed by atoms with Crippen molar-refractivity contribution >= 4 is 32.4 Å². The predicted molar refractivity (Wildman–Crippen MR) is 86.2 cm³/mol. The Morgan fingerprint density at radius 3 is 2.86 bits per heavy atom. The maximum absolute atomic E-state index is 12.3. The molecule has 3 N–H and O–H groups in total. The number of rotatable bonds is 6. The number of nitrogens with one attached hydrogen (secondary N) is 1. The van der Waals surface area contributed by atoms with Gasteiger partial charge in [0.2, 0.25) is 10.0 Å². The molecule has 1 unspecified atom stereocenters. The highest BCUT2D eigenvalue weighted by Gasteiger charge is 2.29. The Kier molecular flexibility index (Phi) is 5.07. The van der Waals surface area contributed by atoms with E-state index in [0.717, 1.165) is 35.3 Å². The first-order chi connectivity index (χ1) is 9.87. The zero-order valence-electron chi connectivity index (χ0n) is 12.7. The number of likely N-dealkylation sites (N-methyl/N-ethyl adjacent to an activating group) is 1. The minimum Gasteiger partial charge on any atom is -0.382 e. The number of aromatic nitrogens is 1. The second-order valence-electron chi connectivity index (χ2n) is 5.32. The molecule has 1 aliphatic heterocycles. The van der Waals surface area contributed by atoms with Crippen LogP contribution in [0.3, 0.4) is 0 Å². The molecule has 0 saturated carbocycles. The van der Waals surface area contributed by atoms with Gasteiger partial charge in [0.05, 0.1) is 0 Å². The van der Waals surface area contributed by atoms with Crippen LogP contribution in [0.4, 0.5) is 10.8 Å². The SMILES string of the molecule is CCN1CCCC1CNc1snc(N)c1S(=O)(=O)N(C)C. The summed E-state index contributed by atoms with van der Waals surface area (Å²) in [5.41, 5.74) is 5.75. The molecule has 2 rings (SSSR count). The molecule has 7 nitrogen and oxygen atoms in total. The maximum atomic E-state index is 12.3. The van der Waals surface area contributed by atoms with Gasteiger partial charge < -0.3 is 11.1 Å². The lowest BCUT2D eigenvalue weighted by Gasteiger charge is -2.23. The lowest BCUT2D eigenvalue weighted by Crippen LogP contribution is -2.34. The third-order valence-electron chi connectivity index (χ3n) is 3.82. The standard InChI is InChI=1S/C12H23N5O2S2/c1-4-17-7-5-6-9(17)8-14-12-10(11(13)15-20-12)21(18,19)16(2)3/h9,14H,4-8H2,1-3H3,(H2,13,15). The van der Waals surface area contributed by atoms with Gasteiger partial charge in [-0.1, -0.05) is 6.92 Å². The highest BCUT2D eigenvalue weighted by molar-refractivity contribution is 7.89. The molecule has 0 aliphatic carbocycles. The van der Waals surface area contributed by atoms with Crippen LogP contribution in [0.1, 0.15) is 19.8 Å². The smallest absolute Gasteiger partial charge is 0.249 e. The first-order valence-electron chi connectivity index (χ1n) is 7.03. The number of hydrogen-bond donors (Lipinski definition) is 2. The van der Waals surface area contributed by atoms with Crippen LogP contribution < -0.4 is 11.1 Å². The van der Waals surface area contributed by atoms with Gasteiger partial charge in [0.25, 0.3) is 0 Å². The zero-order chi connectivity index (χ0) is 15.6. The van der Waals surface area contributed by atoms with E-state index in [1.165, 1.54) is 20.5 Å². The van der Waals surface area contributed by atoms with Gasteiger partial charge in [-0.15, -0.1) is 0 Å². The molecule has 0 amide bonds. The number of nitrogen functional groups attached to an aromatic ring is 1. The average molecular weight is 333 g/mol. The monoisotopic (exact) mass is 333 g/mol. The van der Waals surface area contributed by atoms with Crippen LogP contribution >= 0.6 is 11.5 Å². The minimum absolute atomic E-state index is 0.0648. The summed E-state index contributed by atoms with van der Waals surface area (Å²) in [6.45, 7) is 4.98. The third kappa shape index (κ3) is 3.31. The van der Waals surface area contributed by atoms with Crippen molar-refractivity contribution in [1.29, 1.82) is 0 Å². The van der Waals surface area contributed by atoms with E-state index >= 15 is 0 Å². The van der Waals surface area contributed by atoms with Crippen LogP contribution in [0.5, 0.6) is 0 Å². The van der Waals surface area contributed by atoms with Crippen LogP contribution in [-0.2, 0) is 10.0 Å². The second kappa shape index (κ2) is 6.47. The Hall–Kier alpha value is -0.900. The molecule has 120 valence electrons. The molecule has 0 aromatic carbocycles. The summed E-state index contributed by atoms with van der Waals surface area (Å²) >= 11 is 1.10. The van der Waals surface area contributed by atoms with Crippen molar-refractivity contribution in [3.63, 3.8) is 0 Å². The summed E-state index contributed by atoms with van der Waals surface area (Å²) in [5.74, 6) is 0.0648. The summed E-state index contributed by atoms with van der Waals surface area (Å²) in [4.78, 5) is 2.50. The molecule has 1 atom stereocenters. The molecule has 9 heteroatoms. The summed E-state index contributed by atoms with van der Waals surface area (Å²) in [6, 6.07) is 0.438. The Bertz CT molecular complexity index is 584. The van der Waals surface area contributed by atoms with Crippen LogP contribution in [0.2, 0.25) is 0 Å². The fourth-order valence-corrected chi connectivity index (χ4v) is 4.67. The van der Waals surface area contributed by atoms with Crippen molar-refractivity contribution < 1.29 is 8.42 Å². The molecule has 0 bridgehead atoms. The van der Waals surface area contributed by atoms with Gasteiger partial charge in [0, 0.05) is 26.7 Å². The first-order valence-corrected chi connectivity index (χ1v) is 9.24. The van der Waals surface area contributed by atoms with Crippen molar-refractivity contribution in [1.82, 2.24) is 13.6 Å². The molecule has 1 aromatic rings. The summed E-state index contributed by atoms with van der Waals surface area (Å²) < 4.78 is 29.8.